The highest BCUT2D eigenvalue weighted by atomic mass is 16.3. The molecule has 1 N–H and O–H groups in total. The molecule has 15 heavy (non-hydrogen) atoms. The number of hydrogen-bond donors (Lipinski definition) is 1. The summed E-state index contributed by atoms with van der Waals surface area (Å²) in [7, 11) is 0. The number of hydrogen-bond acceptors (Lipinski definition) is 1. The Bertz CT molecular complexity index is 388. The van der Waals surface area contributed by atoms with Crippen LogP contribution in [0.4, 0.5) is 0 Å². The van der Waals surface area contributed by atoms with Crippen molar-refractivity contribution < 1.29 is 5.11 Å². The Labute approximate surface area is 90.1 Å². The molecular formula is C14H16O. The molecule has 78 valence electrons. The number of benzene rings is 1. The quantitative estimate of drug-likeness (QED) is 0.682. The van der Waals surface area contributed by atoms with Crippen molar-refractivity contribution in [2.24, 2.45) is 5.92 Å². The van der Waals surface area contributed by atoms with Gasteiger partial charge in [0.25, 0.3) is 0 Å². The van der Waals surface area contributed by atoms with E-state index < -0.39 is 0 Å². The van der Waals surface area contributed by atoms with Crippen molar-refractivity contribution in [1.82, 2.24) is 0 Å². The smallest absolute Gasteiger partial charge is 0.0687 e. The zero-order valence-corrected chi connectivity index (χ0v) is 8.82. The van der Waals surface area contributed by atoms with Gasteiger partial charge in [-0.2, -0.15) is 0 Å². The summed E-state index contributed by atoms with van der Waals surface area (Å²) in [5.74, 6) is 1.87. The first-order valence-corrected chi connectivity index (χ1v) is 6.07. The third-order valence-electron chi connectivity index (χ3n) is 4.97. The van der Waals surface area contributed by atoms with E-state index in [0.29, 0.717) is 17.8 Å². The molecule has 2 unspecified atom stereocenters. The van der Waals surface area contributed by atoms with Gasteiger partial charge >= 0.3 is 0 Å². The molecule has 4 aliphatic rings. The summed E-state index contributed by atoms with van der Waals surface area (Å²) in [5.41, 5.74) is 2.77. The zero-order chi connectivity index (χ0) is 10.0. The molecule has 1 aromatic rings. The third-order valence-corrected chi connectivity index (χ3v) is 4.97. The largest absolute Gasteiger partial charge is 0.390 e. The second kappa shape index (κ2) is 2.46. The third kappa shape index (κ3) is 0.926. The van der Waals surface area contributed by atoms with Gasteiger partial charge in [-0.25, -0.2) is 0 Å². The van der Waals surface area contributed by atoms with Crippen molar-refractivity contribution in [2.45, 2.75) is 43.1 Å². The van der Waals surface area contributed by atoms with Crippen molar-refractivity contribution in [1.29, 1.82) is 0 Å². The van der Waals surface area contributed by atoms with E-state index in [1.165, 1.54) is 12.8 Å². The zero-order valence-electron chi connectivity index (χ0n) is 8.82. The predicted octanol–water partition coefficient (Wildman–Crippen LogP) is 2.80. The molecule has 2 atom stereocenters. The summed E-state index contributed by atoms with van der Waals surface area (Å²) < 4.78 is 0. The monoisotopic (exact) mass is 200 g/mol. The molecule has 0 radical (unpaired) electrons. The average molecular weight is 200 g/mol. The molecule has 4 aliphatic carbocycles. The van der Waals surface area contributed by atoms with E-state index in [1.54, 1.807) is 11.1 Å². The van der Waals surface area contributed by atoms with E-state index >= 15 is 0 Å². The van der Waals surface area contributed by atoms with Crippen LogP contribution in [0.1, 0.15) is 48.6 Å². The maximum Gasteiger partial charge on any atom is 0.0687 e. The van der Waals surface area contributed by atoms with Gasteiger partial charge in [0.05, 0.1) is 5.60 Å². The fourth-order valence-electron chi connectivity index (χ4n) is 4.39. The van der Waals surface area contributed by atoms with Crippen LogP contribution < -0.4 is 0 Å². The minimum absolute atomic E-state index is 0.311. The lowest BCUT2D eigenvalue weighted by Crippen LogP contribution is -2.27. The van der Waals surface area contributed by atoms with Gasteiger partial charge in [0.15, 0.2) is 0 Å². The highest BCUT2D eigenvalue weighted by molar-refractivity contribution is 5.40. The summed E-state index contributed by atoms with van der Waals surface area (Å²) >= 11 is 0. The second-order valence-corrected chi connectivity index (χ2v) is 5.70. The Balaban J connectivity index is 1.96. The van der Waals surface area contributed by atoms with Gasteiger partial charge in [0.1, 0.15) is 0 Å². The van der Waals surface area contributed by atoms with Crippen LogP contribution in [-0.4, -0.2) is 10.7 Å². The second-order valence-electron chi connectivity index (χ2n) is 5.70. The van der Waals surface area contributed by atoms with Crippen LogP contribution in [0.3, 0.4) is 0 Å². The first-order valence-electron chi connectivity index (χ1n) is 6.07. The summed E-state index contributed by atoms with van der Waals surface area (Å²) in [6.07, 6.45) is 4.49. The molecule has 0 heterocycles. The molecule has 0 aromatic heterocycles. The molecule has 4 bridgehead atoms. The predicted molar refractivity (Wildman–Crippen MR) is 58.8 cm³/mol. The van der Waals surface area contributed by atoms with Gasteiger partial charge in [0, 0.05) is 0 Å². The summed E-state index contributed by atoms with van der Waals surface area (Å²) in [5, 5.41) is 10.6. The van der Waals surface area contributed by atoms with Crippen LogP contribution in [0.15, 0.2) is 24.3 Å². The van der Waals surface area contributed by atoms with Gasteiger partial charge in [0.2, 0.25) is 0 Å². The van der Waals surface area contributed by atoms with Crippen molar-refractivity contribution in [2.75, 3.05) is 0 Å². The molecule has 1 nitrogen and oxygen atoms in total. The topological polar surface area (TPSA) is 20.2 Å². The molecule has 1 heteroatoms. The van der Waals surface area contributed by atoms with E-state index in [4.69, 9.17) is 0 Å². The first kappa shape index (κ1) is 8.35. The van der Waals surface area contributed by atoms with Crippen LogP contribution >= 0.6 is 0 Å². The number of rotatable bonds is 0. The maximum atomic E-state index is 10.6. The van der Waals surface area contributed by atoms with Crippen LogP contribution in [0.2, 0.25) is 0 Å². The molecule has 0 saturated heterocycles. The lowest BCUT2D eigenvalue weighted by molar-refractivity contribution is 0.0224. The minimum Gasteiger partial charge on any atom is -0.390 e. The normalized spacial score (nSPS) is 45.5. The molecular weight excluding hydrogens is 184 g/mol. The number of aliphatic hydroxyl groups is 1. The maximum absolute atomic E-state index is 10.6. The lowest BCUT2D eigenvalue weighted by Gasteiger charge is -2.21. The van der Waals surface area contributed by atoms with E-state index in [1.807, 2.05) is 0 Å². The van der Waals surface area contributed by atoms with Gasteiger partial charge < -0.3 is 5.11 Å². The van der Waals surface area contributed by atoms with Crippen LogP contribution in [0, 0.1) is 5.92 Å². The Hall–Kier alpha value is -0.820. The lowest BCUT2D eigenvalue weighted by atomic mass is 9.91. The Kier molecular flexibility index (Phi) is 1.37. The fraction of sp³-hybridized carbons (Fsp3) is 0.571. The minimum atomic E-state index is -0.311. The molecule has 0 amide bonds. The van der Waals surface area contributed by atoms with Crippen molar-refractivity contribution in [3.63, 3.8) is 0 Å². The molecule has 2 saturated carbocycles. The van der Waals surface area contributed by atoms with Crippen LogP contribution in [0.5, 0.6) is 0 Å². The summed E-state index contributed by atoms with van der Waals surface area (Å²) in [4.78, 5) is 0. The summed E-state index contributed by atoms with van der Waals surface area (Å²) in [6.45, 7) is 0. The highest BCUT2D eigenvalue weighted by Gasteiger charge is 2.55. The molecule has 0 spiro atoms. The molecule has 2 fully saturated rings. The molecule has 0 aliphatic heterocycles. The van der Waals surface area contributed by atoms with E-state index in [0.717, 1.165) is 12.8 Å². The fourth-order valence-corrected chi connectivity index (χ4v) is 4.39. The van der Waals surface area contributed by atoms with Gasteiger partial charge in [-0.15, -0.1) is 0 Å². The van der Waals surface area contributed by atoms with Gasteiger partial charge in [-0.05, 0) is 54.6 Å². The van der Waals surface area contributed by atoms with Crippen molar-refractivity contribution in [3.8, 4) is 0 Å². The molecule has 5 rings (SSSR count). The molecule has 1 aromatic carbocycles. The Morgan fingerprint density at radius 2 is 1.53 bits per heavy atom. The van der Waals surface area contributed by atoms with Crippen molar-refractivity contribution in [3.05, 3.63) is 35.4 Å². The van der Waals surface area contributed by atoms with Gasteiger partial charge in [-0.3, -0.25) is 0 Å². The van der Waals surface area contributed by atoms with E-state index in [2.05, 4.69) is 24.3 Å². The Morgan fingerprint density at radius 3 is 2.00 bits per heavy atom. The average Bonchev–Trinajstić information content (AvgIpc) is 2.59. The first-order chi connectivity index (χ1) is 7.26. The van der Waals surface area contributed by atoms with Crippen LogP contribution in [-0.2, 0) is 0 Å². The van der Waals surface area contributed by atoms with E-state index in [-0.39, 0.29) is 5.60 Å². The van der Waals surface area contributed by atoms with E-state index in [9.17, 15) is 5.11 Å². The van der Waals surface area contributed by atoms with Gasteiger partial charge in [-0.1, -0.05) is 24.3 Å². The standard InChI is InChI=1S/C14H16O/c15-14-7-9-5-11(14)6-10(8-14)13-4-2-1-3-12(9)13/h1-4,9-11,15H,5-8H2. The van der Waals surface area contributed by atoms with Crippen LogP contribution in [0.25, 0.3) is 0 Å². The SMILES string of the molecule is OC12CC3CC1CC(C2)c1ccccc13. The Morgan fingerprint density at radius 1 is 1.00 bits per heavy atom. The highest BCUT2D eigenvalue weighted by Crippen LogP contribution is 2.61. The summed E-state index contributed by atoms with van der Waals surface area (Å²) in [6, 6.07) is 8.87. The van der Waals surface area contributed by atoms with Crippen molar-refractivity contribution >= 4 is 0 Å².